The maximum Gasteiger partial charge on any atom is 0.142 e. The minimum absolute atomic E-state index is 0.203. The van der Waals surface area contributed by atoms with E-state index in [1.807, 2.05) is 31.4 Å². The van der Waals surface area contributed by atoms with Crippen LogP contribution in [0, 0.1) is 5.82 Å². The van der Waals surface area contributed by atoms with Gasteiger partial charge in [0.05, 0.1) is 5.02 Å². The van der Waals surface area contributed by atoms with Crippen molar-refractivity contribution in [1.82, 2.24) is 9.88 Å². The molecule has 0 amide bonds. The quantitative estimate of drug-likeness (QED) is 0.895. The number of nitrogens with zero attached hydrogens (tertiary/aromatic N) is 1. The Morgan fingerprint density at radius 1 is 1.33 bits per heavy atom. The molecule has 1 aromatic carbocycles. The third-order valence-electron chi connectivity index (χ3n) is 3.11. The molecule has 1 heterocycles. The molecule has 0 aliphatic carbocycles. The third kappa shape index (κ3) is 2.57. The van der Waals surface area contributed by atoms with E-state index in [1.54, 1.807) is 6.07 Å². The summed E-state index contributed by atoms with van der Waals surface area (Å²) >= 11 is 5.97. The van der Waals surface area contributed by atoms with Crippen LogP contribution < -0.4 is 5.32 Å². The Hall–Kier alpha value is -1.32. The Morgan fingerprint density at radius 3 is 2.83 bits per heavy atom. The molecule has 2 nitrogen and oxygen atoms in total. The van der Waals surface area contributed by atoms with Crippen LogP contribution in [0.5, 0.6) is 0 Å². The molecule has 2 aromatic rings. The number of halogens is 2. The molecule has 96 valence electrons. The average molecular weight is 267 g/mol. The summed E-state index contributed by atoms with van der Waals surface area (Å²) in [5.74, 6) is -0.371. The summed E-state index contributed by atoms with van der Waals surface area (Å²) in [4.78, 5) is 0. The highest BCUT2D eigenvalue weighted by molar-refractivity contribution is 6.31. The molecule has 0 saturated carbocycles. The van der Waals surface area contributed by atoms with Crippen LogP contribution >= 0.6 is 11.6 Å². The lowest BCUT2D eigenvalue weighted by molar-refractivity contribution is 0.586. The van der Waals surface area contributed by atoms with Crippen LogP contribution in [0.4, 0.5) is 4.39 Å². The van der Waals surface area contributed by atoms with Crippen molar-refractivity contribution < 1.29 is 4.39 Å². The van der Waals surface area contributed by atoms with Crippen molar-refractivity contribution in [3.63, 3.8) is 0 Å². The summed E-state index contributed by atoms with van der Waals surface area (Å²) in [6.07, 6.45) is 1.98. The first-order valence-corrected chi connectivity index (χ1v) is 6.26. The lowest BCUT2D eigenvalue weighted by atomic mass is 10.2. The van der Waals surface area contributed by atoms with Gasteiger partial charge in [-0.2, -0.15) is 0 Å². The van der Waals surface area contributed by atoms with Crippen molar-refractivity contribution in [2.24, 2.45) is 0 Å². The highest BCUT2D eigenvalue weighted by Gasteiger charge is 2.11. The Labute approximate surface area is 111 Å². The molecule has 2 rings (SSSR count). The van der Waals surface area contributed by atoms with E-state index in [-0.39, 0.29) is 16.9 Å². The van der Waals surface area contributed by atoms with E-state index in [0.717, 1.165) is 11.3 Å². The number of aromatic nitrogens is 1. The SMILES string of the molecule is CNC(C)c1cccn1Cc1cccc(F)c1Cl. The molecular weight excluding hydrogens is 251 g/mol. The third-order valence-corrected chi connectivity index (χ3v) is 3.54. The number of hydrogen-bond acceptors (Lipinski definition) is 1. The van der Waals surface area contributed by atoms with Crippen molar-refractivity contribution in [1.29, 1.82) is 0 Å². The topological polar surface area (TPSA) is 17.0 Å². The first-order valence-electron chi connectivity index (χ1n) is 5.88. The zero-order valence-electron chi connectivity index (χ0n) is 10.5. The van der Waals surface area contributed by atoms with Gasteiger partial charge in [0.15, 0.2) is 0 Å². The lowest BCUT2D eigenvalue weighted by Crippen LogP contribution is -2.17. The Bertz CT molecular complexity index is 536. The number of nitrogens with one attached hydrogen (secondary N) is 1. The molecule has 1 atom stereocenters. The summed E-state index contributed by atoms with van der Waals surface area (Å²) in [6, 6.07) is 9.18. The van der Waals surface area contributed by atoms with Gasteiger partial charge < -0.3 is 9.88 Å². The highest BCUT2D eigenvalue weighted by atomic mass is 35.5. The van der Waals surface area contributed by atoms with Crippen LogP contribution in [0.15, 0.2) is 36.5 Å². The van der Waals surface area contributed by atoms with E-state index in [9.17, 15) is 4.39 Å². The fraction of sp³-hybridized carbons (Fsp3) is 0.286. The largest absolute Gasteiger partial charge is 0.346 e. The van der Waals surface area contributed by atoms with Crippen LogP contribution in [-0.4, -0.2) is 11.6 Å². The van der Waals surface area contributed by atoms with E-state index >= 15 is 0 Å². The molecule has 18 heavy (non-hydrogen) atoms. The van der Waals surface area contributed by atoms with Gasteiger partial charge in [0.25, 0.3) is 0 Å². The number of rotatable bonds is 4. The second-order valence-corrected chi connectivity index (χ2v) is 4.66. The molecule has 0 radical (unpaired) electrons. The number of hydrogen-bond donors (Lipinski definition) is 1. The van der Waals surface area contributed by atoms with Gasteiger partial charge in [-0.05, 0) is 37.7 Å². The van der Waals surface area contributed by atoms with Gasteiger partial charge in [0, 0.05) is 24.5 Å². The number of benzene rings is 1. The van der Waals surface area contributed by atoms with E-state index in [4.69, 9.17) is 11.6 Å². The fourth-order valence-electron chi connectivity index (χ4n) is 1.97. The van der Waals surface area contributed by atoms with Gasteiger partial charge in [0.1, 0.15) is 5.82 Å². The van der Waals surface area contributed by atoms with Gasteiger partial charge in [-0.15, -0.1) is 0 Å². The second kappa shape index (κ2) is 5.55. The minimum Gasteiger partial charge on any atom is -0.346 e. The second-order valence-electron chi connectivity index (χ2n) is 4.28. The predicted octanol–water partition coefficient (Wildman–Crippen LogP) is 3.61. The highest BCUT2D eigenvalue weighted by Crippen LogP contribution is 2.22. The zero-order chi connectivity index (χ0) is 13.1. The van der Waals surface area contributed by atoms with Gasteiger partial charge in [-0.3, -0.25) is 0 Å². The van der Waals surface area contributed by atoms with Crippen LogP contribution in [0.2, 0.25) is 5.02 Å². The molecular formula is C14H16ClFN2. The summed E-state index contributed by atoms with van der Waals surface area (Å²) in [5, 5.41) is 3.39. The van der Waals surface area contributed by atoms with Crippen molar-refractivity contribution in [3.8, 4) is 0 Å². The molecule has 1 aromatic heterocycles. The van der Waals surface area contributed by atoms with Gasteiger partial charge in [-0.25, -0.2) is 4.39 Å². The van der Waals surface area contributed by atoms with Crippen molar-refractivity contribution in [2.45, 2.75) is 19.5 Å². The zero-order valence-corrected chi connectivity index (χ0v) is 11.2. The van der Waals surface area contributed by atoms with Crippen LogP contribution in [0.3, 0.4) is 0 Å². The average Bonchev–Trinajstić information content (AvgIpc) is 2.82. The molecule has 4 heteroatoms. The molecule has 1 N–H and O–H groups in total. The van der Waals surface area contributed by atoms with Crippen molar-refractivity contribution in [2.75, 3.05) is 7.05 Å². The first-order chi connectivity index (χ1) is 8.63. The van der Waals surface area contributed by atoms with Crippen molar-refractivity contribution in [3.05, 3.63) is 58.6 Å². The molecule has 0 aliphatic heterocycles. The minimum atomic E-state index is -0.371. The van der Waals surface area contributed by atoms with Gasteiger partial charge >= 0.3 is 0 Å². The van der Waals surface area contributed by atoms with E-state index in [1.165, 1.54) is 6.07 Å². The molecule has 1 unspecified atom stereocenters. The summed E-state index contributed by atoms with van der Waals surface area (Å²) in [7, 11) is 1.91. The lowest BCUT2D eigenvalue weighted by Gasteiger charge is -2.15. The molecule has 0 bridgehead atoms. The molecule has 0 fully saturated rings. The van der Waals surface area contributed by atoms with Gasteiger partial charge in [-0.1, -0.05) is 23.7 Å². The van der Waals surface area contributed by atoms with E-state index < -0.39 is 0 Å². The fourth-order valence-corrected chi connectivity index (χ4v) is 2.15. The predicted molar refractivity (Wildman–Crippen MR) is 72.4 cm³/mol. The van der Waals surface area contributed by atoms with Crippen LogP contribution in [-0.2, 0) is 6.54 Å². The monoisotopic (exact) mass is 266 g/mol. The smallest absolute Gasteiger partial charge is 0.142 e. The summed E-state index contributed by atoms with van der Waals surface area (Å²) in [6.45, 7) is 2.66. The maximum absolute atomic E-state index is 13.4. The van der Waals surface area contributed by atoms with Crippen LogP contribution in [0.1, 0.15) is 24.2 Å². The summed E-state index contributed by atoms with van der Waals surface area (Å²) in [5.41, 5.74) is 1.94. The Kier molecular flexibility index (Phi) is 4.04. The molecule has 0 aliphatic rings. The Balaban J connectivity index is 2.29. The maximum atomic E-state index is 13.4. The standard InChI is InChI=1S/C14H16ClFN2/c1-10(17-2)13-7-4-8-18(13)9-11-5-3-6-12(16)14(11)15/h3-8,10,17H,9H2,1-2H3. The van der Waals surface area contributed by atoms with Crippen LogP contribution in [0.25, 0.3) is 0 Å². The Morgan fingerprint density at radius 2 is 2.11 bits per heavy atom. The molecule has 0 saturated heterocycles. The van der Waals surface area contributed by atoms with E-state index in [0.29, 0.717) is 6.54 Å². The van der Waals surface area contributed by atoms with Crippen molar-refractivity contribution >= 4 is 11.6 Å². The summed E-state index contributed by atoms with van der Waals surface area (Å²) < 4.78 is 15.5. The first kappa shape index (κ1) is 13.1. The van der Waals surface area contributed by atoms with E-state index in [2.05, 4.69) is 16.8 Å². The molecule has 0 spiro atoms. The normalized spacial score (nSPS) is 12.7. The van der Waals surface area contributed by atoms with Gasteiger partial charge in [0.2, 0.25) is 0 Å².